The van der Waals surface area contributed by atoms with Crippen molar-refractivity contribution < 1.29 is 9.53 Å². The Morgan fingerprint density at radius 1 is 1.17 bits per heavy atom. The summed E-state index contributed by atoms with van der Waals surface area (Å²) in [5.74, 6) is 0.844. The minimum atomic E-state index is 0.0736. The standard InChI is InChI=1S/C23H27N3O2S2/c1-3-4-14-28-18-7-5-6-17(15-18)22(27)25-10-12-26(13-11-25)23-24-20-9-8-19(29-2)16-21(20)30-23/h5-9,15-16H,3-4,10-14H2,1-2H3. The molecule has 0 saturated carbocycles. The normalized spacial score (nSPS) is 14.3. The van der Waals surface area contributed by atoms with Crippen LogP contribution < -0.4 is 9.64 Å². The van der Waals surface area contributed by atoms with Gasteiger partial charge in [-0.05, 0) is 49.1 Å². The summed E-state index contributed by atoms with van der Waals surface area (Å²) in [7, 11) is 0. The predicted octanol–water partition coefficient (Wildman–Crippen LogP) is 5.16. The van der Waals surface area contributed by atoms with Crippen LogP contribution in [0.25, 0.3) is 10.2 Å². The van der Waals surface area contributed by atoms with Gasteiger partial charge in [0.25, 0.3) is 5.91 Å². The molecule has 0 spiro atoms. The van der Waals surface area contributed by atoms with E-state index in [4.69, 9.17) is 9.72 Å². The number of hydrogen-bond acceptors (Lipinski definition) is 6. The summed E-state index contributed by atoms with van der Waals surface area (Å²) >= 11 is 3.48. The average molecular weight is 442 g/mol. The van der Waals surface area contributed by atoms with E-state index < -0.39 is 0 Å². The van der Waals surface area contributed by atoms with Gasteiger partial charge in [-0.15, -0.1) is 11.8 Å². The number of amides is 1. The molecule has 2 aromatic carbocycles. The van der Waals surface area contributed by atoms with E-state index >= 15 is 0 Å². The van der Waals surface area contributed by atoms with Crippen molar-refractivity contribution in [2.75, 3.05) is 43.9 Å². The first-order valence-electron chi connectivity index (χ1n) is 10.4. The fraction of sp³-hybridized carbons (Fsp3) is 0.391. The maximum atomic E-state index is 13.0. The number of anilines is 1. The van der Waals surface area contributed by atoms with Crippen LogP contribution in [0, 0.1) is 0 Å². The van der Waals surface area contributed by atoms with E-state index in [1.165, 1.54) is 9.60 Å². The van der Waals surface area contributed by atoms with E-state index in [1.54, 1.807) is 23.1 Å². The first kappa shape index (κ1) is 21.0. The predicted molar refractivity (Wildman–Crippen MR) is 126 cm³/mol. The fourth-order valence-corrected chi connectivity index (χ4v) is 5.06. The number of benzene rings is 2. The van der Waals surface area contributed by atoms with Crippen LogP contribution in [0.3, 0.4) is 0 Å². The van der Waals surface area contributed by atoms with Gasteiger partial charge in [0.1, 0.15) is 5.75 Å². The number of hydrogen-bond donors (Lipinski definition) is 0. The number of nitrogens with zero attached hydrogens (tertiary/aromatic N) is 3. The Bertz CT molecular complexity index is 1010. The topological polar surface area (TPSA) is 45.7 Å². The molecule has 1 amide bonds. The van der Waals surface area contributed by atoms with Crippen LogP contribution in [-0.4, -0.2) is 54.8 Å². The van der Waals surface area contributed by atoms with Crippen molar-refractivity contribution in [2.24, 2.45) is 0 Å². The Kier molecular flexibility index (Phi) is 6.79. The van der Waals surface area contributed by atoms with Crippen LogP contribution in [-0.2, 0) is 0 Å². The number of thioether (sulfide) groups is 1. The quantitative estimate of drug-likeness (QED) is 0.374. The monoisotopic (exact) mass is 441 g/mol. The van der Waals surface area contributed by atoms with Gasteiger partial charge in [0.05, 0.1) is 16.8 Å². The van der Waals surface area contributed by atoms with Gasteiger partial charge in [0.2, 0.25) is 0 Å². The van der Waals surface area contributed by atoms with E-state index in [-0.39, 0.29) is 5.91 Å². The molecule has 2 heterocycles. The van der Waals surface area contributed by atoms with Crippen molar-refractivity contribution in [2.45, 2.75) is 24.7 Å². The third kappa shape index (κ3) is 4.73. The second kappa shape index (κ2) is 9.71. The lowest BCUT2D eigenvalue weighted by molar-refractivity contribution is 0.0746. The summed E-state index contributed by atoms with van der Waals surface area (Å²) in [4.78, 5) is 23.3. The van der Waals surface area contributed by atoms with Gasteiger partial charge in [-0.3, -0.25) is 4.79 Å². The number of aromatic nitrogens is 1. The van der Waals surface area contributed by atoms with Crippen LogP contribution in [0.15, 0.2) is 47.4 Å². The lowest BCUT2D eigenvalue weighted by Crippen LogP contribution is -2.48. The molecule has 1 fully saturated rings. The SMILES string of the molecule is CCCCOc1cccc(C(=O)N2CCN(c3nc4ccc(SC)cc4s3)CC2)c1. The van der Waals surface area contributed by atoms with Crippen molar-refractivity contribution in [1.29, 1.82) is 0 Å². The summed E-state index contributed by atoms with van der Waals surface area (Å²) in [5, 5.41) is 1.04. The maximum absolute atomic E-state index is 13.0. The molecule has 4 rings (SSSR count). The van der Waals surface area contributed by atoms with Crippen molar-refractivity contribution in [3.63, 3.8) is 0 Å². The van der Waals surface area contributed by atoms with E-state index in [0.29, 0.717) is 25.3 Å². The van der Waals surface area contributed by atoms with Crippen molar-refractivity contribution in [1.82, 2.24) is 9.88 Å². The molecule has 0 bridgehead atoms. The molecule has 3 aromatic rings. The molecular weight excluding hydrogens is 414 g/mol. The van der Waals surface area contributed by atoms with Crippen LogP contribution >= 0.6 is 23.1 Å². The van der Waals surface area contributed by atoms with Gasteiger partial charge in [-0.25, -0.2) is 4.98 Å². The summed E-state index contributed by atoms with van der Waals surface area (Å²) in [5.41, 5.74) is 1.74. The van der Waals surface area contributed by atoms with Crippen molar-refractivity contribution in [3.8, 4) is 5.75 Å². The smallest absolute Gasteiger partial charge is 0.254 e. The molecule has 1 aliphatic heterocycles. The lowest BCUT2D eigenvalue weighted by atomic mass is 10.1. The second-order valence-electron chi connectivity index (χ2n) is 7.34. The minimum absolute atomic E-state index is 0.0736. The Morgan fingerprint density at radius 2 is 2.00 bits per heavy atom. The number of rotatable bonds is 7. The number of unbranched alkanes of at least 4 members (excludes halogenated alkanes) is 1. The fourth-order valence-electron chi connectivity index (χ4n) is 3.49. The average Bonchev–Trinajstić information content (AvgIpc) is 3.22. The molecular formula is C23H27N3O2S2. The molecule has 1 aromatic heterocycles. The largest absolute Gasteiger partial charge is 0.494 e. The second-order valence-corrected chi connectivity index (χ2v) is 9.23. The molecule has 30 heavy (non-hydrogen) atoms. The molecule has 158 valence electrons. The summed E-state index contributed by atoms with van der Waals surface area (Å²) in [6, 6.07) is 14.0. The van der Waals surface area contributed by atoms with E-state index in [2.05, 4.69) is 36.3 Å². The highest BCUT2D eigenvalue weighted by Gasteiger charge is 2.24. The first-order chi connectivity index (χ1) is 14.7. The van der Waals surface area contributed by atoms with Gasteiger partial charge >= 0.3 is 0 Å². The highest BCUT2D eigenvalue weighted by atomic mass is 32.2. The Balaban J connectivity index is 1.38. The van der Waals surface area contributed by atoms with Gasteiger partial charge in [-0.1, -0.05) is 30.7 Å². The van der Waals surface area contributed by atoms with Crippen LogP contribution in [0.5, 0.6) is 5.75 Å². The molecule has 5 nitrogen and oxygen atoms in total. The third-order valence-electron chi connectivity index (χ3n) is 5.27. The molecule has 7 heteroatoms. The van der Waals surface area contributed by atoms with Crippen LogP contribution in [0.4, 0.5) is 5.13 Å². The van der Waals surface area contributed by atoms with Crippen molar-refractivity contribution >= 4 is 44.4 Å². The Hall–Kier alpha value is -2.25. The number of ether oxygens (including phenoxy) is 1. The van der Waals surface area contributed by atoms with Gasteiger partial charge in [0.15, 0.2) is 5.13 Å². The zero-order valence-corrected chi connectivity index (χ0v) is 19.1. The molecule has 1 aliphatic rings. The van der Waals surface area contributed by atoms with E-state index in [1.807, 2.05) is 29.2 Å². The Morgan fingerprint density at radius 3 is 2.77 bits per heavy atom. The summed E-state index contributed by atoms with van der Waals surface area (Å²) < 4.78 is 6.98. The van der Waals surface area contributed by atoms with Crippen LogP contribution in [0.2, 0.25) is 0 Å². The van der Waals surface area contributed by atoms with Gasteiger partial charge < -0.3 is 14.5 Å². The molecule has 0 N–H and O–H groups in total. The summed E-state index contributed by atoms with van der Waals surface area (Å²) in [6.45, 7) is 5.82. The highest BCUT2D eigenvalue weighted by Crippen LogP contribution is 2.32. The van der Waals surface area contributed by atoms with E-state index in [0.717, 1.165) is 42.3 Å². The number of thiazole rings is 1. The van der Waals surface area contributed by atoms with Crippen LogP contribution in [0.1, 0.15) is 30.1 Å². The number of fused-ring (bicyclic) bond motifs is 1. The van der Waals surface area contributed by atoms with Crippen molar-refractivity contribution in [3.05, 3.63) is 48.0 Å². The maximum Gasteiger partial charge on any atom is 0.254 e. The zero-order chi connectivity index (χ0) is 20.9. The molecule has 0 radical (unpaired) electrons. The van der Waals surface area contributed by atoms with Gasteiger partial charge in [0, 0.05) is 36.6 Å². The molecule has 0 aliphatic carbocycles. The number of carbonyl (C=O) groups excluding carboxylic acids is 1. The highest BCUT2D eigenvalue weighted by molar-refractivity contribution is 7.98. The minimum Gasteiger partial charge on any atom is -0.494 e. The number of piperazine rings is 1. The molecule has 0 unspecified atom stereocenters. The molecule has 0 atom stereocenters. The van der Waals surface area contributed by atoms with E-state index in [9.17, 15) is 4.79 Å². The first-order valence-corrected chi connectivity index (χ1v) is 12.4. The summed E-state index contributed by atoms with van der Waals surface area (Å²) in [6.07, 6.45) is 4.20. The third-order valence-corrected chi connectivity index (χ3v) is 7.07. The van der Waals surface area contributed by atoms with Gasteiger partial charge in [-0.2, -0.15) is 0 Å². The number of carbonyl (C=O) groups is 1. The zero-order valence-electron chi connectivity index (χ0n) is 17.5. The Labute approximate surface area is 186 Å². The lowest BCUT2D eigenvalue weighted by Gasteiger charge is -2.34. The molecule has 1 saturated heterocycles.